The molecule has 0 aliphatic carbocycles. The maximum Gasteiger partial charge on any atom is 0.228 e. The lowest BCUT2D eigenvalue weighted by Gasteiger charge is -2.22. The maximum absolute atomic E-state index is 12.1. The molecule has 1 aliphatic rings. The molecule has 1 amide bonds. The average molecular weight is 277 g/mol. The highest BCUT2D eigenvalue weighted by Crippen LogP contribution is 2.18. The van der Waals surface area contributed by atoms with Crippen molar-refractivity contribution in [3.63, 3.8) is 0 Å². The van der Waals surface area contributed by atoms with Crippen molar-refractivity contribution < 1.29 is 9.53 Å². The third kappa shape index (κ3) is 4.49. The largest absolute Gasteiger partial charge is 0.381 e. The molecule has 0 radical (unpaired) electrons. The Morgan fingerprint density at radius 2 is 2.00 bits per heavy atom. The quantitative estimate of drug-likeness (QED) is 0.891. The van der Waals surface area contributed by atoms with Gasteiger partial charge in [-0.3, -0.25) is 4.79 Å². The van der Waals surface area contributed by atoms with Crippen molar-refractivity contribution in [2.24, 2.45) is 5.92 Å². The second kappa shape index (κ2) is 6.22. The molecule has 0 spiro atoms. The van der Waals surface area contributed by atoms with Gasteiger partial charge in [0.1, 0.15) is 5.82 Å². The van der Waals surface area contributed by atoms with Crippen LogP contribution >= 0.6 is 0 Å². The molecule has 0 unspecified atom stereocenters. The molecule has 2 rings (SSSR count). The Bertz CT molecular complexity index is 445. The van der Waals surface area contributed by atoms with Gasteiger partial charge in [0, 0.05) is 24.7 Å². The molecule has 0 saturated carbocycles. The molecular weight excluding hydrogens is 254 g/mol. The number of hydrogen-bond acceptors (Lipinski definition) is 4. The van der Waals surface area contributed by atoms with Crippen molar-refractivity contribution >= 4 is 17.4 Å². The Hall–Kier alpha value is -1.62. The molecule has 0 aromatic carbocycles. The molecule has 2 heterocycles. The minimum atomic E-state index is -0.00541. The first-order chi connectivity index (χ1) is 9.44. The van der Waals surface area contributed by atoms with Gasteiger partial charge < -0.3 is 15.4 Å². The number of ether oxygens (including phenoxy) is 1. The number of aromatic nitrogens is 1. The van der Waals surface area contributed by atoms with Gasteiger partial charge in [0.2, 0.25) is 5.91 Å². The van der Waals surface area contributed by atoms with E-state index in [0.29, 0.717) is 19.0 Å². The van der Waals surface area contributed by atoms with E-state index in [1.165, 1.54) is 0 Å². The Kier molecular flexibility index (Phi) is 4.60. The molecule has 2 N–H and O–H groups in total. The van der Waals surface area contributed by atoms with Gasteiger partial charge in [-0.2, -0.15) is 0 Å². The Morgan fingerprint density at radius 3 is 2.55 bits per heavy atom. The van der Waals surface area contributed by atoms with Crippen LogP contribution in [0.25, 0.3) is 0 Å². The van der Waals surface area contributed by atoms with E-state index in [4.69, 9.17) is 4.74 Å². The Balaban J connectivity index is 1.91. The van der Waals surface area contributed by atoms with Crippen LogP contribution in [0.4, 0.5) is 11.5 Å². The zero-order valence-electron chi connectivity index (χ0n) is 12.4. The summed E-state index contributed by atoms with van der Waals surface area (Å²) in [6, 6.07) is 3.75. The standard InChI is InChI=1S/C15H23N3O2/c1-15(2,3)18-12-4-5-13(16-10-12)17-14(19)11-6-8-20-9-7-11/h4-5,10-11,18H,6-9H2,1-3H3,(H,16,17,19). The predicted molar refractivity (Wildman–Crippen MR) is 79.8 cm³/mol. The summed E-state index contributed by atoms with van der Waals surface area (Å²) in [7, 11) is 0. The number of amides is 1. The first-order valence-corrected chi connectivity index (χ1v) is 7.07. The molecule has 20 heavy (non-hydrogen) atoms. The topological polar surface area (TPSA) is 63.2 Å². The van der Waals surface area contributed by atoms with Gasteiger partial charge in [0.15, 0.2) is 0 Å². The summed E-state index contributed by atoms with van der Waals surface area (Å²) in [6.45, 7) is 7.61. The number of nitrogens with zero attached hydrogens (tertiary/aromatic N) is 1. The van der Waals surface area contributed by atoms with Crippen LogP contribution in [0, 0.1) is 5.92 Å². The molecule has 0 bridgehead atoms. The second-order valence-electron chi connectivity index (χ2n) is 6.18. The van der Waals surface area contributed by atoms with Crippen LogP contribution in [0.1, 0.15) is 33.6 Å². The highest BCUT2D eigenvalue weighted by Gasteiger charge is 2.21. The number of rotatable bonds is 3. The van der Waals surface area contributed by atoms with Crippen LogP contribution in [0.2, 0.25) is 0 Å². The summed E-state index contributed by atoms with van der Waals surface area (Å²) in [6.07, 6.45) is 3.32. The normalized spacial score (nSPS) is 16.8. The Morgan fingerprint density at radius 1 is 1.30 bits per heavy atom. The second-order valence-corrected chi connectivity index (χ2v) is 6.18. The molecule has 0 atom stereocenters. The molecule has 1 saturated heterocycles. The van der Waals surface area contributed by atoms with Crippen molar-refractivity contribution in [2.45, 2.75) is 39.2 Å². The van der Waals surface area contributed by atoms with E-state index in [9.17, 15) is 4.79 Å². The molecular formula is C15H23N3O2. The highest BCUT2D eigenvalue weighted by molar-refractivity contribution is 5.91. The van der Waals surface area contributed by atoms with E-state index in [1.54, 1.807) is 6.20 Å². The van der Waals surface area contributed by atoms with Crippen molar-refractivity contribution in [3.05, 3.63) is 18.3 Å². The van der Waals surface area contributed by atoms with Crippen LogP contribution in [0.5, 0.6) is 0 Å². The SMILES string of the molecule is CC(C)(C)Nc1ccc(NC(=O)C2CCOCC2)nc1. The van der Waals surface area contributed by atoms with E-state index in [1.807, 2.05) is 12.1 Å². The molecule has 1 fully saturated rings. The molecule has 1 aromatic heterocycles. The van der Waals surface area contributed by atoms with Crippen molar-refractivity contribution in [1.82, 2.24) is 4.98 Å². The van der Waals surface area contributed by atoms with Crippen molar-refractivity contribution in [3.8, 4) is 0 Å². The lowest BCUT2D eigenvalue weighted by atomic mass is 9.99. The summed E-state index contributed by atoms with van der Waals surface area (Å²) in [4.78, 5) is 16.3. The molecule has 1 aromatic rings. The van der Waals surface area contributed by atoms with Crippen LogP contribution in [-0.2, 0) is 9.53 Å². The first kappa shape index (κ1) is 14.8. The minimum absolute atomic E-state index is 0.00541. The van der Waals surface area contributed by atoms with Crippen LogP contribution < -0.4 is 10.6 Å². The monoisotopic (exact) mass is 277 g/mol. The van der Waals surface area contributed by atoms with E-state index in [2.05, 4.69) is 36.4 Å². The summed E-state index contributed by atoms with van der Waals surface area (Å²) in [5, 5.41) is 6.20. The van der Waals surface area contributed by atoms with Gasteiger partial charge >= 0.3 is 0 Å². The lowest BCUT2D eigenvalue weighted by Crippen LogP contribution is -2.29. The fourth-order valence-electron chi connectivity index (χ4n) is 2.16. The molecule has 110 valence electrons. The number of pyridine rings is 1. The highest BCUT2D eigenvalue weighted by atomic mass is 16.5. The van der Waals surface area contributed by atoms with E-state index in [-0.39, 0.29) is 17.4 Å². The summed E-state index contributed by atoms with van der Waals surface area (Å²) >= 11 is 0. The summed E-state index contributed by atoms with van der Waals surface area (Å²) in [5.41, 5.74) is 0.940. The van der Waals surface area contributed by atoms with Crippen LogP contribution in [0.3, 0.4) is 0 Å². The third-order valence-electron chi connectivity index (χ3n) is 3.13. The van der Waals surface area contributed by atoms with Crippen LogP contribution in [-0.4, -0.2) is 29.6 Å². The fourth-order valence-corrected chi connectivity index (χ4v) is 2.16. The zero-order chi connectivity index (χ0) is 14.6. The van der Waals surface area contributed by atoms with E-state index >= 15 is 0 Å². The van der Waals surface area contributed by atoms with Gasteiger partial charge in [0.05, 0.1) is 11.9 Å². The maximum atomic E-state index is 12.1. The number of nitrogens with one attached hydrogen (secondary N) is 2. The smallest absolute Gasteiger partial charge is 0.228 e. The van der Waals surface area contributed by atoms with Gasteiger partial charge in [-0.15, -0.1) is 0 Å². The van der Waals surface area contributed by atoms with Gasteiger partial charge in [0.25, 0.3) is 0 Å². The van der Waals surface area contributed by atoms with Gasteiger partial charge in [-0.1, -0.05) is 0 Å². The number of anilines is 2. The predicted octanol–water partition coefficient (Wildman–Crippen LogP) is 2.66. The van der Waals surface area contributed by atoms with E-state index < -0.39 is 0 Å². The number of hydrogen-bond donors (Lipinski definition) is 2. The molecule has 5 nitrogen and oxygen atoms in total. The average Bonchev–Trinajstić information content (AvgIpc) is 2.40. The molecule has 5 heteroatoms. The van der Waals surface area contributed by atoms with E-state index in [0.717, 1.165) is 18.5 Å². The van der Waals surface area contributed by atoms with Crippen LogP contribution in [0.15, 0.2) is 18.3 Å². The zero-order valence-corrected chi connectivity index (χ0v) is 12.4. The van der Waals surface area contributed by atoms with Gasteiger partial charge in [-0.25, -0.2) is 4.98 Å². The number of carbonyl (C=O) groups excluding carboxylic acids is 1. The summed E-state index contributed by atoms with van der Waals surface area (Å²) in [5.74, 6) is 0.677. The first-order valence-electron chi connectivity index (χ1n) is 7.07. The Labute approximate surface area is 120 Å². The van der Waals surface area contributed by atoms with Crippen molar-refractivity contribution in [1.29, 1.82) is 0 Å². The summed E-state index contributed by atoms with van der Waals surface area (Å²) < 4.78 is 5.26. The van der Waals surface area contributed by atoms with Crippen molar-refractivity contribution in [2.75, 3.05) is 23.8 Å². The number of carbonyl (C=O) groups is 1. The van der Waals surface area contributed by atoms with Gasteiger partial charge in [-0.05, 0) is 45.7 Å². The lowest BCUT2D eigenvalue weighted by molar-refractivity contribution is -0.122. The fraction of sp³-hybridized carbons (Fsp3) is 0.600. The minimum Gasteiger partial charge on any atom is -0.381 e. The third-order valence-corrected chi connectivity index (χ3v) is 3.13. The molecule has 1 aliphatic heterocycles.